The molecule has 1 fully saturated rings. The molecule has 3 aromatic rings. The van der Waals surface area contributed by atoms with Crippen LogP contribution in [-0.2, 0) is 19.7 Å². The van der Waals surface area contributed by atoms with Crippen molar-refractivity contribution in [3.05, 3.63) is 101 Å². The van der Waals surface area contributed by atoms with Gasteiger partial charge in [-0.3, -0.25) is 13.9 Å². The minimum Gasteiger partial charge on any atom is -0.508 e. The van der Waals surface area contributed by atoms with E-state index in [0.29, 0.717) is 22.4 Å². The Morgan fingerprint density at radius 3 is 2.16 bits per heavy atom. The Labute approximate surface area is 251 Å². The molecule has 44 heavy (non-hydrogen) atoms. The Kier molecular flexibility index (Phi) is 7.32. The lowest BCUT2D eigenvalue weighted by Crippen LogP contribution is -2.47. The molecule has 0 radical (unpaired) electrons. The Balaban J connectivity index is 1.53. The van der Waals surface area contributed by atoms with Crippen LogP contribution >= 0.6 is 0 Å². The van der Waals surface area contributed by atoms with E-state index < -0.39 is 57.7 Å². The number of allylic oxidation sites excluding steroid dienone is 1. The number of amides is 1. The SMILES string of the molecule is CC(C)=CC(=O)N1OC2C3CC(S(=O)(=O)N(CC(F)(F)F)c4ccc(F)cc4)C2C(c2ccc(O)cc2)=C3c2ccc1cc2. The number of halogens is 4. The Morgan fingerprint density at radius 2 is 1.57 bits per heavy atom. The van der Waals surface area contributed by atoms with Crippen molar-refractivity contribution in [3.8, 4) is 5.75 Å². The highest BCUT2D eigenvalue weighted by atomic mass is 32.2. The number of carbonyl (C=O) groups is 1. The number of rotatable bonds is 6. The van der Waals surface area contributed by atoms with E-state index in [2.05, 4.69) is 0 Å². The van der Waals surface area contributed by atoms with Crippen molar-refractivity contribution in [1.29, 1.82) is 0 Å². The quantitative estimate of drug-likeness (QED) is 0.250. The van der Waals surface area contributed by atoms with E-state index in [9.17, 15) is 35.9 Å². The van der Waals surface area contributed by atoms with Crippen LogP contribution in [0.5, 0.6) is 5.75 Å². The first kappa shape index (κ1) is 29.9. The van der Waals surface area contributed by atoms with Crippen LogP contribution in [0.15, 0.2) is 84.4 Å². The summed E-state index contributed by atoms with van der Waals surface area (Å²) in [6.45, 7) is 1.68. The number of aromatic hydroxyl groups is 1. The maximum absolute atomic E-state index is 14.4. The number of fused-ring (bicyclic) bond motifs is 3. The average molecular weight is 629 g/mol. The molecular formula is C32H28F4N2O5S. The van der Waals surface area contributed by atoms with E-state index in [1.54, 1.807) is 50.2 Å². The topological polar surface area (TPSA) is 87.2 Å². The molecule has 1 amide bonds. The van der Waals surface area contributed by atoms with Gasteiger partial charge >= 0.3 is 6.18 Å². The number of hydroxylamine groups is 1. The highest BCUT2D eigenvalue weighted by molar-refractivity contribution is 7.93. The van der Waals surface area contributed by atoms with Crippen LogP contribution < -0.4 is 9.37 Å². The van der Waals surface area contributed by atoms with Crippen LogP contribution in [0.25, 0.3) is 11.1 Å². The summed E-state index contributed by atoms with van der Waals surface area (Å²) in [5.41, 5.74) is 3.44. The largest absolute Gasteiger partial charge is 0.508 e. The second-order valence-electron chi connectivity index (χ2n) is 11.4. The van der Waals surface area contributed by atoms with Crippen molar-refractivity contribution in [1.82, 2.24) is 0 Å². The average Bonchev–Trinajstić information content (AvgIpc) is 3.50. The number of benzene rings is 3. The second-order valence-corrected chi connectivity index (χ2v) is 13.5. The Hall–Kier alpha value is -4.16. The van der Waals surface area contributed by atoms with Crippen molar-refractivity contribution in [2.75, 3.05) is 15.9 Å². The molecule has 1 N–H and O–H groups in total. The predicted molar refractivity (Wildman–Crippen MR) is 157 cm³/mol. The number of sulfonamides is 1. The fraction of sp³-hybridized carbons (Fsp3) is 0.281. The number of carbonyl (C=O) groups excluding carboxylic acids is 1. The molecule has 7 nitrogen and oxygen atoms in total. The second kappa shape index (κ2) is 10.8. The lowest BCUT2D eigenvalue weighted by Gasteiger charge is -2.34. The van der Waals surface area contributed by atoms with Gasteiger partial charge in [0, 0.05) is 17.9 Å². The molecule has 4 atom stereocenters. The number of hydrogen-bond donors (Lipinski definition) is 1. The molecule has 7 rings (SSSR count). The van der Waals surface area contributed by atoms with Crippen LogP contribution in [0.2, 0.25) is 0 Å². The molecule has 12 heteroatoms. The number of anilines is 2. The first-order valence-electron chi connectivity index (χ1n) is 13.9. The molecule has 0 saturated heterocycles. The van der Waals surface area contributed by atoms with E-state index in [0.717, 1.165) is 40.5 Å². The monoisotopic (exact) mass is 628 g/mol. The first-order chi connectivity index (χ1) is 20.7. The summed E-state index contributed by atoms with van der Waals surface area (Å²) in [5.74, 6) is -2.84. The molecule has 0 aromatic heterocycles. The number of alkyl halides is 3. The van der Waals surface area contributed by atoms with Crippen molar-refractivity contribution in [2.24, 2.45) is 11.8 Å². The standard InChI is InChI=1S/C32H28F4N2O5S/c1-18(2)15-27(40)38-23-9-3-19(4-10-23)28-25-16-26(30(31(25)43-38)29(28)20-5-13-24(39)14-6-20)44(41,42)37(17-32(34,35)36)22-11-7-21(33)8-12-22/h3-15,25-26,30-31,39H,16-17H2,1-2H3. The molecular weight excluding hydrogens is 600 g/mol. The maximum atomic E-state index is 14.4. The minimum absolute atomic E-state index is 0.0207. The third-order valence-electron chi connectivity index (χ3n) is 8.19. The van der Waals surface area contributed by atoms with Crippen LogP contribution in [0, 0.1) is 17.7 Å². The van der Waals surface area contributed by atoms with Gasteiger partial charge in [0.25, 0.3) is 5.91 Å². The van der Waals surface area contributed by atoms with Gasteiger partial charge in [0.2, 0.25) is 10.0 Å². The van der Waals surface area contributed by atoms with Crippen LogP contribution in [0.1, 0.15) is 31.4 Å². The van der Waals surface area contributed by atoms with Gasteiger partial charge in [-0.15, -0.1) is 0 Å². The van der Waals surface area contributed by atoms with Gasteiger partial charge in [-0.2, -0.15) is 18.2 Å². The van der Waals surface area contributed by atoms with Gasteiger partial charge in [0.05, 0.1) is 16.6 Å². The minimum atomic E-state index is -4.90. The molecule has 230 valence electrons. The Bertz CT molecular complexity index is 1760. The smallest absolute Gasteiger partial charge is 0.407 e. The summed E-state index contributed by atoms with van der Waals surface area (Å²) in [7, 11) is -4.76. The van der Waals surface area contributed by atoms with E-state index in [-0.39, 0.29) is 22.2 Å². The van der Waals surface area contributed by atoms with Crippen molar-refractivity contribution < 1.29 is 40.7 Å². The normalized spacial score (nSPS) is 22.5. The first-order valence-corrected chi connectivity index (χ1v) is 15.4. The molecule has 3 aromatic carbocycles. The molecule has 2 aliphatic heterocycles. The van der Waals surface area contributed by atoms with Crippen molar-refractivity contribution in [3.63, 3.8) is 0 Å². The zero-order chi connectivity index (χ0) is 31.6. The van der Waals surface area contributed by atoms with E-state index in [1.807, 2.05) is 0 Å². The van der Waals surface area contributed by atoms with Gasteiger partial charge in [-0.25, -0.2) is 12.8 Å². The summed E-state index contributed by atoms with van der Waals surface area (Å²) in [6, 6.07) is 17.0. The number of phenols is 1. The summed E-state index contributed by atoms with van der Waals surface area (Å²) in [4.78, 5) is 19.7. The lowest BCUT2D eigenvalue weighted by molar-refractivity contribution is -0.124. The van der Waals surface area contributed by atoms with Crippen LogP contribution in [-0.4, -0.2) is 43.5 Å². The van der Waals surface area contributed by atoms with Gasteiger partial charge in [0.1, 0.15) is 24.2 Å². The van der Waals surface area contributed by atoms with Crippen LogP contribution in [0.3, 0.4) is 0 Å². The zero-order valence-electron chi connectivity index (χ0n) is 23.6. The van der Waals surface area contributed by atoms with E-state index in [4.69, 9.17) is 4.84 Å². The van der Waals surface area contributed by atoms with Crippen LogP contribution in [0.4, 0.5) is 28.9 Å². The molecule has 1 saturated carbocycles. The maximum Gasteiger partial charge on any atom is 0.407 e. The molecule has 4 aliphatic rings. The zero-order valence-corrected chi connectivity index (χ0v) is 24.4. The van der Waals surface area contributed by atoms with Crippen molar-refractivity contribution >= 4 is 38.5 Å². The summed E-state index contributed by atoms with van der Waals surface area (Å²) in [6.07, 6.45) is -4.51. The summed E-state index contributed by atoms with van der Waals surface area (Å²) < 4.78 is 84.3. The molecule has 4 unspecified atom stereocenters. The number of nitrogens with zero attached hydrogens (tertiary/aromatic N) is 2. The third kappa shape index (κ3) is 5.26. The van der Waals surface area contributed by atoms with E-state index >= 15 is 0 Å². The van der Waals surface area contributed by atoms with Gasteiger partial charge in [-0.1, -0.05) is 29.8 Å². The molecule has 2 aliphatic carbocycles. The Morgan fingerprint density at radius 1 is 0.977 bits per heavy atom. The van der Waals surface area contributed by atoms with Crippen molar-refractivity contribution in [2.45, 2.75) is 37.8 Å². The predicted octanol–water partition coefficient (Wildman–Crippen LogP) is 6.47. The third-order valence-corrected chi connectivity index (χ3v) is 10.4. The highest BCUT2D eigenvalue weighted by Gasteiger charge is 2.61. The fourth-order valence-electron chi connectivity index (χ4n) is 6.51. The lowest BCUT2D eigenvalue weighted by atomic mass is 9.83. The number of phenolic OH excluding ortho intramolecular Hbond substituents is 1. The number of hydrogen-bond acceptors (Lipinski definition) is 5. The van der Waals surface area contributed by atoms with Gasteiger partial charge < -0.3 is 5.11 Å². The summed E-state index contributed by atoms with van der Waals surface area (Å²) in [5, 5.41) is 9.69. The highest BCUT2D eigenvalue weighted by Crippen LogP contribution is 2.60. The molecule has 0 spiro atoms. The summed E-state index contributed by atoms with van der Waals surface area (Å²) >= 11 is 0. The van der Waals surface area contributed by atoms with Gasteiger partial charge in [-0.05, 0) is 91.1 Å². The molecule has 6 bridgehead atoms. The molecule has 2 heterocycles. The fourth-order valence-corrected chi connectivity index (χ4v) is 8.70. The van der Waals surface area contributed by atoms with E-state index in [1.165, 1.54) is 18.2 Å². The van der Waals surface area contributed by atoms with Gasteiger partial charge in [0.15, 0.2) is 0 Å².